The number of amides is 4. The van der Waals surface area contributed by atoms with Gasteiger partial charge in [-0.3, -0.25) is 24.1 Å². The molecular formula is C26H41F3N4O9. The molecule has 4 amide bonds. The highest BCUT2D eigenvalue weighted by Gasteiger charge is 2.38. The molecule has 1 saturated heterocycles. The van der Waals surface area contributed by atoms with Gasteiger partial charge in [-0.15, -0.1) is 0 Å². The van der Waals surface area contributed by atoms with E-state index in [2.05, 4.69) is 16.0 Å². The van der Waals surface area contributed by atoms with E-state index in [-0.39, 0.29) is 42.5 Å². The molecule has 4 N–H and O–H groups in total. The molecule has 16 heteroatoms. The molecule has 0 aliphatic carbocycles. The molecule has 0 bridgehead atoms. The van der Waals surface area contributed by atoms with Crippen molar-refractivity contribution in [3.8, 4) is 0 Å². The monoisotopic (exact) mass is 610 g/mol. The first-order valence-electron chi connectivity index (χ1n) is 13.8. The molecule has 0 saturated carbocycles. The van der Waals surface area contributed by atoms with Crippen LogP contribution in [0, 0.1) is 5.92 Å². The van der Waals surface area contributed by atoms with Crippen molar-refractivity contribution in [3.63, 3.8) is 0 Å². The topological polar surface area (TPSA) is 173 Å². The fraction of sp³-hybridized carbons (Fsp3) is 0.731. The Hall–Kier alpha value is -3.08. The summed E-state index contributed by atoms with van der Waals surface area (Å²) in [4.78, 5) is 56.6. The van der Waals surface area contributed by atoms with Crippen LogP contribution in [0.4, 0.5) is 13.2 Å². The van der Waals surface area contributed by atoms with Crippen molar-refractivity contribution in [3.05, 3.63) is 12.2 Å². The summed E-state index contributed by atoms with van der Waals surface area (Å²) in [5.41, 5.74) is 0. The molecule has 2 rings (SSSR count). The third kappa shape index (κ3) is 17.7. The lowest BCUT2D eigenvalue weighted by atomic mass is 9.97. The van der Waals surface area contributed by atoms with Gasteiger partial charge >= 0.3 is 12.1 Å². The van der Waals surface area contributed by atoms with Gasteiger partial charge < -0.3 is 35.3 Å². The number of imide groups is 1. The molecule has 0 unspecified atom stereocenters. The molecule has 2 aliphatic heterocycles. The molecular weight excluding hydrogens is 569 g/mol. The van der Waals surface area contributed by atoms with E-state index in [0.717, 1.165) is 37.3 Å². The molecule has 0 spiro atoms. The average Bonchev–Trinajstić information content (AvgIpc) is 3.27. The molecule has 2 heterocycles. The summed E-state index contributed by atoms with van der Waals surface area (Å²) in [6.07, 6.45) is 1.40. The van der Waals surface area contributed by atoms with Gasteiger partial charge in [0.2, 0.25) is 11.8 Å². The molecule has 1 fully saturated rings. The molecule has 240 valence electrons. The summed E-state index contributed by atoms with van der Waals surface area (Å²) < 4.78 is 48.2. The zero-order chi connectivity index (χ0) is 31.2. The maximum absolute atomic E-state index is 12.0. The normalized spacial score (nSPS) is 15.4. The SMILES string of the molecule is O=C(CCCN1C(=O)C=CC1=O)NCCCOCCOCCOCCCNC(=O)C1CCNCC1.O=C(O)C(F)(F)F. The number of hydrogen-bond acceptors (Lipinski definition) is 9. The number of nitrogens with one attached hydrogen (secondary N) is 3. The van der Waals surface area contributed by atoms with Gasteiger partial charge in [0.1, 0.15) is 0 Å². The van der Waals surface area contributed by atoms with E-state index in [1.165, 1.54) is 12.2 Å². The number of ether oxygens (including phenoxy) is 3. The molecule has 13 nitrogen and oxygen atoms in total. The lowest BCUT2D eigenvalue weighted by molar-refractivity contribution is -0.192. The Labute approximate surface area is 242 Å². The van der Waals surface area contributed by atoms with Crippen molar-refractivity contribution in [2.45, 2.75) is 44.7 Å². The van der Waals surface area contributed by atoms with Gasteiger partial charge in [-0.25, -0.2) is 4.79 Å². The summed E-state index contributed by atoms with van der Waals surface area (Å²) in [7, 11) is 0. The predicted octanol–water partition coefficient (Wildman–Crippen LogP) is 0.387. The molecule has 2 aliphatic rings. The highest BCUT2D eigenvalue weighted by Crippen LogP contribution is 2.13. The highest BCUT2D eigenvalue weighted by molar-refractivity contribution is 6.12. The van der Waals surface area contributed by atoms with Crippen LogP contribution in [0.1, 0.15) is 38.5 Å². The van der Waals surface area contributed by atoms with Crippen molar-refractivity contribution in [2.75, 3.05) is 72.4 Å². The van der Waals surface area contributed by atoms with Crippen LogP contribution in [0.3, 0.4) is 0 Å². The first-order chi connectivity index (χ1) is 20.0. The van der Waals surface area contributed by atoms with Crippen molar-refractivity contribution in [1.82, 2.24) is 20.9 Å². The van der Waals surface area contributed by atoms with Crippen LogP contribution in [0.5, 0.6) is 0 Å². The van der Waals surface area contributed by atoms with Gasteiger partial charge in [0.15, 0.2) is 0 Å². The van der Waals surface area contributed by atoms with Crippen LogP contribution in [0.2, 0.25) is 0 Å². The number of carboxylic acids is 1. The Balaban J connectivity index is 0.00000112. The number of aliphatic carboxylic acids is 1. The molecule has 42 heavy (non-hydrogen) atoms. The summed E-state index contributed by atoms with van der Waals surface area (Å²) in [6.45, 7) is 6.28. The molecule has 0 aromatic rings. The van der Waals surface area contributed by atoms with Crippen molar-refractivity contribution < 1.29 is 56.5 Å². The number of carbonyl (C=O) groups excluding carboxylic acids is 4. The van der Waals surface area contributed by atoms with Crippen LogP contribution in [-0.2, 0) is 38.2 Å². The van der Waals surface area contributed by atoms with Crippen molar-refractivity contribution >= 4 is 29.6 Å². The third-order valence-electron chi connectivity index (χ3n) is 5.93. The Morgan fingerprint density at radius 2 is 1.33 bits per heavy atom. The largest absolute Gasteiger partial charge is 0.490 e. The number of hydrogen-bond donors (Lipinski definition) is 4. The van der Waals surface area contributed by atoms with E-state index in [1.807, 2.05) is 0 Å². The van der Waals surface area contributed by atoms with Gasteiger partial charge in [0, 0.05) is 57.3 Å². The zero-order valence-corrected chi connectivity index (χ0v) is 23.5. The fourth-order valence-corrected chi connectivity index (χ4v) is 3.70. The number of rotatable bonds is 19. The standard InChI is InChI=1S/C24H40N4O7.C2HF3O2/c29-21(4-1-13-28-22(30)5-6-23(28)31)26-9-2-14-33-16-18-35-19-17-34-15-3-10-27-24(32)20-7-11-25-12-8-20;3-2(4,5)1(6)7/h5-6,20,25H,1-4,7-19H2,(H,26,29)(H,27,32);(H,6,7). The van der Waals surface area contributed by atoms with Gasteiger partial charge in [0.25, 0.3) is 11.8 Å². The zero-order valence-electron chi connectivity index (χ0n) is 23.5. The number of carbonyl (C=O) groups is 5. The van der Waals surface area contributed by atoms with E-state index in [4.69, 9.17) is 24.1 Å². The maximum atomic E-state index is 12.0. The summed E-state index contributed by atoms with van der Waals surface area (Å²) in [5.74, 6) is -3.22. The minimum absolute atomic E-state index is 0.107. The number of piperidine rings is 1. The van der Waals surface area contributed by atoms with Crippen LogP contribution in [0.15, 0.2) is 12.2 Å². The molecule has 0 aromatic carbocycles. The predicted molar refractivity (Wildman–Crippen MR) is 142 cm³/mol. The summed E-state index contributed by atoms with van der Waals surface area (Å²) >= 11 is 0. The number of halogens is 3. The summed E-state index contributed by atoms with van der Waals surface area (Å²) in [6, 6.07) is 0. The van der Waals surface area contributed by atoms with Gasteiger partial charge in [-0.05, 0) is 45.2 Å². The quantitative estimate of drug-likeness (QED) is 0.118. The van der Waals surface area contributed by atoms with Crippen LogP contribution >= 0.6 is 0 Å². The van der Waals surface area contributed by atoms with Gasteiger partial charge in [-0.2, -0.15) is 13.2 Å². The first kappa shape index (κ1) is 36.9. The highest BCUT2D eigenvalue weighted by atomic mass is 19.4. The van der Waals surface area contributed by atoms with E-state index >= 15 is 0 Å². The Morgan fingerprint density at radius 1 is 0.857 bits per heavy atom. The van der Waals surface area contributed by atoms with E-state index in [0.29, 0.717) is 65.6 Å². The van der Waals surface area contributed by atoms with Crippen LogP contribution in [0.25, 0.3) is 0 Å². The lowest BCUT2D eigenvalue weighted by Gasteiger charge is -2.21. The molecule has 0 atom stereocenters. The van der Waals surface area contributed by atoms with E-state index < -0.39 is 12.1 Å². The Bertz CT molecular complexity index is 864. The van der Waals surface area contributed by atoms with E-state index in [1.54, 1.807) is 0 Å². The number of nitrogens with zero attached hydrogens (tertiary/aromatic N) is 1. The first-order valence-corrected chi connectivity index (χ1v) is 13.8. The second kappa shape index (κ2) is 21.6. The van der Waals surface area contributed by atoms with Crippen LogP contribution < -0.4 is 16.0 Å². The van der Waals surface area contributed by atoms with Crippen molar-refractivity contribution in [2.24, 2.45) is 5.92 Å². The Kier molecular flexibility index (Phi) is 19.0. The average molecular weight is 611 g/mol. The third-order valence-corrected chi connectivity index (χ3v) is 5.93. The second-order valence-corrected chi connectivity index (χ2v) is 9.28. The second-order valence-electron chi connectivity index (χ2n) is 9.28. The lowest BCUT2D eigenvalue weighted by Crippen LogP contribution is -2.38. The van der Waals surface area contributed by atoms with Crippen LogP contribution in [-0.4, -0.2) is 118 Å². The smallest absolute Gasteiger partial charge is 0.475 e. The summed E-state index contributed by atoms with van der Waals surface area (Å²) in [5, 5.41) is 16.2. The fourth-order valence-electron chi connectivity index (χ4n) is 3.70. The number of alkyl halides is 3. The number of carboxylic acid groups (broad SMARTS) is 1. The minimum Gasteiger partial charge on any atom is -0.475 e. The van der Waals surface area contributed by atoms with Gasteiger partial charge in [-0.1, -0.05) is 0 Å². The van der Waals surface area contributed by atoms with Gasteiger partial charge in [0.05, 0.1) is 26.4 Å². The maximum Gasteiger partial charge on any atom is 0.490 e. The van der Waals surface area contributed by atoms with E-state index in [9.17, 15) is 32.3 Å². The molecule has 0 aromatic heterocycles. The minimum atomic E-state index is -5.08. The Morgan fingerprint density at radius 3 is 1.83 bits per heavy atom. The van der Waals surface area contributed by atoms with Crippen molar-refractivity contribution in [1.29, 1.82) is 0 Å². The molecule has 0 radical (unpaired) electrons.